The second-order valence-corrected chi connectivity index (χ2v) is 2.67. The van der Waals surface area contributed by atoms with Crippen LogP contribution in [0, 0.1) is 10.1 Å². The van der Waals surface area contributed by atoms with Gasteiger partial charge in [-0.25, -0.2) is 4.98 Å². The summed E-state index contributed by atoms with van der Waals surface area (Å²) in [7, 11) is 0. The lowest BCUT2D eigenvalue weighted by Gasteiger charge is -1.94. The minimum Gasteiger partial charge on any atom is -0.384 e. The zero-order valence-corrected chi connectivity index (χ0v) is 8.91. The number of nitro groups is 1. The van der Waals surface area contributed by atoms with Gasteiger partial charge in [0.2, 0.25) is 0 Å². The lowest BCUT2D eigenvalue weighted by atomic mass is 10.4. The van der Waals surface area contributed by atoms with Gasteiger partial charge in [0.1, 0.15) is 16.5 Å². The maximum Gasteiger partial charge on any atom is 0.301 e. The van der Waals surface area contributed by atoms with Crippen LogP contribution in [0.4, 0.5) is 11.5 Å². The Morgan fingerprint density at radius 1 is 1.62 bits per heavy atom. The third-order valence-corrected chi connectivity index (χ3v) is 1.69. The molecular weight excluding hydrogens is 238 g/mol. The van der Waals surface area contributed by atoms with Crippen LogP contribution in [0.1, 0.15) is 13.8 Å². The first-order valence-corrected chi connectivity index (χ1v) is 4.46. The molecule has 0 aliphatic rings. The highest BCUT2D eigenvalue weighted by Gasteiger charge is 2.11. The van der Waals surface area contributed by atoms with Crippen LogP contribution in [0.3, 0.4) is 0 Å². The molecule has 5 nitrogen and oxygen atoms in total. The van der Waals surface area contributed by atoms with Crippen molar-refractivity contribution in [3.05, 3.63) is 26.9 Å². The molecule has 0 aliphatic carbocycles. The van der Waals surface area contributed by atoms with E-state index in [2.05, 4.69) is 20.9 Å². The Balaban J connectivity index is 0.000000671. The van der Waals surface area contributed by atoms with Gasteiger partial charge in [0.15, 0.2) is 0 Å². The van der Waals surface area contributed by atoms with Crippen LogP contribution >= 0.6 is 15.9 Å². The number of nitrogens with two attached hydrogens (primary N) is 1. The van der Waals surface area contributed by atoms with Crippen molar-refractivity contribution >= 4 is 27.4 Å². The average Bonchev–Trinajstić information content (AvgIpc) is 2.07. The molecule has 1 aromatic rings. The van der Waals surface area contributed by atoms with Gasteiger partial charge in [0.05, 0.1) is 4.92 Å². The first kappa shape index (κ1) is 11.8. The maximum absolute atomic E-state index is 10.2. The van der Waals surface area contributed by atoms with E-state index in [0.717, 1.165) is 6.20 Å². The highest BCUT2D eigenvalue weighted by atomic mass is 79.9. The van der Waals surface area contributed by atoms with Crippen molar-refractivity contribution in [1.82, 2.24) is 4.98 Å². The molecule has 0 radical (unpaired) electrons. The SMILES string of the molecule is CC.Nc1cc(Br)c([N+](=O)[O-])cn1. The molecule has 0 atom stereocenters. The van der Waals surface area contributed by atoms with Crippen molar-refractivity contribution in [2.24, 2.45) is 0 Å². The molecule has 72 valence electrons. The highest BCUT2D eigenvalue weighted by Crippen LogP contribution is 2.24. The molecular formula is C7H10BrN3O2. The van der Waals surface area contributed by atoms with Crippen LogP contribution in [0.25, 0.3) is 0 Å². The highest BCUT2D eigenvalue weighted by molar-refractivity contribution is 9.10. The number of rotatable bonds is 1. The third-order valence-electron chi connectivity index (χ3n) is 1.05. The topological polar surface area (TPSA) is 82.0 Å². The second kappa shape index (κ2) is 5.47. The lowest BCUT2D eigenvalue weighted by Crippen LogP contribution is -1.94. The molecule has 1 aromatic heterocycles. The van der Waals surface area contributed by atoms with E-state index in [-0.39, 0.29) is 11.5 Å². The standard InChI is InChI=1S/C5H4BrN3O2.C2H6/c6-3-1-5(7)8-2-4(3)9(10)11;1-2/h1-2H,(H2,7,8);1-2H3. The summed E-state index contributed by atoms with van der Waals surface area (Å²) in [4.78, 5) is 13.3. The number of nitrogens with zero attached hydrogens (tertiary/aromatic N) is 2. The van der Waals surface area contributed by atoms with E-state index in [9.17, 15) is 10.1 Å². The molecule has 0 saturated carbocycles. The van der Waals surface area contributed by atoms with Crippen molar-refractivity contribution in [2.75, 3.05) is 5.73 Å². The molecule has 6 heteroatoms. The van der Waals surface area contributed by atoms with Crippen LogP contribution < -0.4 is 5.73 Å². The summed E-state index contributed by atoms with van der Waals surface area (Å²) in [5, 5.41) is 10.2. The third kappa shape index (κ3) is 3.37. The van der Waals surface area contributed by atoms with Crippen molar-refractivity contribution < 1.29 is 4.92 Å². The van der Waals surface area contributed by atoms with Gasteiger partial charge in [0, 0.05) is 6.07 Å². The van der Waals surface area contributed by atoms with E-state index in [1.807, 2.05) is 13.8 Å². The fourth-order valence-corrected chi connectivity index (χ4v) is 1.05. The molecule has 0 bridgehead atoms. The Morgan fingerprint density at radius 2 is 2.15 bits per heavy atom. The molecule has 1 heterocycles. The average molecular weight is 248 g/mol. The predicted molar refractivity (Wildman–Crippen MR) is 54.4 cm³/mol. The number of nitrogen functional groups attached to an aromatic ring is 1. The molecule has 1 rings (SSSR count). The Hall–Kier alpha value is -1.17. The van der Waals surface area contributed by atoms with Crippen LogP contribution in [-0.2, 0) is 0 Å². The summed E-state index contributed by atoms with van der Waals surface area (Å²) in [6.07, 6.45) is 1.11. The van der Waals surface area contributed by atoms with E-state index in [0.29, 0.717) is 4.47 Å². The summed E-state index contributed by atoms with van der Waals surface area (Å²) in [5.74, 6) is 0.252. The minimum atomic E-state index is -0.531. The zero-order valence-electron chi connectivity index (χ0n) is 7.32. The molecule has 0 spiro atoms. The summed E-state index contributed by atoms with van der Waals surface area (Å²) in [6.45, 7) is 4.00. The van der Waals surface area contributed by atoms with Crippen LogP contribution in [-0.4, -0.2) is 9.91 Å². The second-order valence-electron chi connectivity index (χ2n) is 1.82. The molecule has 0 amide bonds. The monoisotopic (exact) mass is 247 g/mol. The Kier molecular flexibility index (Phi) is 4.98. The summed E-state index contributed by atoms with van der Waals surface area (Å²) < 4.78 is 0.343. The van der Waals surface area contributed by atoms with E-state index in [4.69, 9.17) is 5.73 Å². The van der Waals surface area contributed by atoms with Crippen LogP contribution in [0.5, 0.6) is 0 Å². The fraction of sp³-hybridized carbons (Fsp3) is 0.286. The van der Waals surface area contributed by atoms with Crippen LogP contribution in [0.15, 0.2) is 16.7 Å². The van der Waals surface area contributed by atoms with Crippen molar-refractivity contribution in [3.63, 3.8) is 0 Å². The van der Waals surface area contributed by atoms with E-state index in [1.54, 1.807) is 0 Å². The molecule has 0 saturated heterocycles. The minimum absolute atomic E-state index is 0.0841. The van der Waals surface area contributed by atoms with E-state index >= 15 is 0 Å². The molecule has 0 aromatic carbocycles. The predicted octanol–water partition coefficient (Wildman–Crippen LogP) is 2.36. The summed E-state index contributed by atoms with van der Waals surface area (Å²) in [5.41, 5.74) is 5.18. The van der Waals surface area contributed by atoms with Gasteiger partial charge in [0.25, 0.3) is 0 Å². The number of hydrogen-bond donors (Lipinski definition) is 1. The van der Waals surface area contributed by atoms with Crippen LogP contribution in [0.2, 0.25) is 0 Å². The fourth-order valence-electron chi connectivity index (χ4n) is 0.573. The van der Waals surface area contributed by atoms with Crippen molar-refractivity contribution in [3.8, 4) is 0 Å². The number of halogens is 1. The van der Waals surface area contributed by atoms with Gasteiger partial charge in [-0.3, -0.25) is 10.1 Å². The number of aromatic nitrogens is 1. The molecule has 0 fully saturated rings. The summed E-state index contributed by atoms with van der Waals surface area (Å²) >= 11 is 2.99. The van der Waals surface area contributed by atoms with E-state index in [1.165, 1.54) is 6.07 Å². The smallest absolute Gasteiger partial charge is 0.301 e. The van der Waals surface area contributed by atoms with Gasteiger partial charge in [-0.15, -0.1) is 0 Å². The largest absolute Gasteiger partial charge is 0.384 e. The Bertz CT molecular complexity index is 304. The first-order chi connectivity index (χ1) is 6.11. The van der Waals surface area contributed by atoms with Crippen molar-refractivity contribution in [1.29, 1.82) is 0 Å². The Morgan fingerprint density at radius 3 is 2.54 bits per heavy atom. The summed E-state index contributed by atoms with van der Waals surface area (Å²) in [6, 6.07) is 1.39. The van der Waals surface area contributed by atoms with E-state index < -0.39 is 4.92 Å². The molecule has 0 unspecified atom stereocenters. The number of hydrogen-bond acceptors (Lipinski definition) is 4. The maximum atomic E-state index is 10.2. The lowest BCUT2D eigenvalue weighted by molar-refractivity contribution is -0.386. The molecule has 2 N–H and O–H groups in total. The van der Waals surface area contributed by atoms with Crippen molar-refractivity contribution in [2.45, 2.75) is 13.8 Å². The number of anilines is 1. The number of pyridine rings is 1. The van der Waals surface area contributed by atoms with Gasteiger partial charge in [-0.05, 0) is 15.9 Å². The first-order valence-electron chi connectivity index (χ1n) is 3.66. The quantitative estimate of drug-likeness (QED) is 0.610. The molecule has 13 heavy (non-hydrogen) atoms. The van der Waals surface area contributed by atoms with Gasteiger partial charge < -0.3 is 5.73 Å². The Labute approximate surface area is 84.2 Å². The van der Waals surface area contributed by atoms with Gasteiger partial charge in [-0.1, -0.05) is 13.8 Å². The van der Waals surface area contributed by atoms with Gasteiger partial charge >= 0.3 is 5.69 Å². The van der Waals surface area contributed by atoms with Gasteiger partial charge in [-0.2, -0.15) is 0 Å². The zero-order chi connectivity index (χ0) is 10.4. The normalized spacial score (nSPS) is 8.54. The molecule has 0 aliphatic heterocycles.